The number of thiophene rings is 1. The molecule has 0 aromatic carbocycles. The summed E-state index contributed by atoms with van der Waals surface area (Å²) in [6.45, 7) is 5.65. The van der Waals surface area contributed by atoms with Gasteiger partial charge in [0.05, 0.1) is 5.56 Å². The number of imidazole rings is 1. The Morgan fingerprint density at radius 3 is 2.68 bits per heavy atom. The minimum atomic E-state index is -0.543. The van der Waals surface area contributed by atoms with E-state index in [-0.39, 0.29) is 5.91 Å². The maximum atomic E-state index is 12.4. The lowest BCUT2D eigenvalue weighted by atomic mass is 10.1. The van der Waals surface area contributed by atoms with E-state index in [4.69, 9.17) is 5.73 Å². The molecule has 0 spiro atoms. The Balaban J connectivity index is 1.94. The van der Waals surface area contributed by atoms with Crippen LogP contribution in [0, 0.1) is 20.8 Å². The SMILES string of the molecule is Cc1sc(NC(=O)c2cn3c(C)csc3n2)c(C(N)=O)c1C. The van der Waals surface area contributed by atoms with Crippen molar-refractivity contribution in [2.75, 3.05) is 5.32 Å². The van der Waals surface area contributed by atoms with Gasteiger partial charge in [0.25, 0.3) is 11.8 Å². The number of primary amides is 1. The highest BCUT2D eigenvalue weighted by Gasteiger charge is 2.21. The smallest absolute Gasteiger partial charge is 0.276 e. The fourth-order valence-corrected chi connectivity index (χ4v) is 4.09. The van der Waals surface area contributed by atoms with Crippen LogP contribution in [0.1, 0.15) is 37.0 Å². The van der Waals surface area contributed by atoms with Gasteiger partial charge in [0.15, 0.2) is 4.96 Å². The van der Waals surface area contributed by atoms with Gasteiger partial charge in [-0.1, -0.05) is 0 Å². The summed E-state index contributed by atoms with van der Waals surface area (Å²) in [5.74, 6) is -0.891. The Morgan fingerprint density at radius 2 is 2.05 bits per heavy atom. The third-order valence-corrected chi connectivity index (χ3v) is 5.56. The number of nitrogens with zero attached hydrogens (tertiary/aromatic N) is 2. The molecule has 3 rings (SSSR count). The second kappa shape index (κ2) is 5.22. The molecule has 2 amide bonds. The molecule has 0 fully saturated rings. The van der Waals surface area contributed by atoms with E-state index in [1.807, 2.05) is 30.6 Å². The average molecular weight is 334 g/mol. The van der Waals surface area contributed by atoms with Gasteiger partial charge in [0.1, 0.15) is 10.7 Å². The first-order valence-electron chi connectivity index (χ1n) is 6.52. The van der Waals surface area contributed by atoms with Crippen molar-refractivity contribution in [2.45, 2.75) is 20.8 Å². The van der Waals surface area contributed by atoms with Crippen molar-refractivity contribution in [3.05, 3.63) is 39.0 Å². The lowest BCUT2D eigenvalue weighted by Crippen LogP contribution is -2.17. The molecule has 0 atom stereocenters. The van der Waals surface area contributed by atoms with Crippen LogP contribution >= 0.6 is 22.7 Å². The van der Waals surface area contributed by atoms with Gasteiger partial charge in [-0.25, -0.2) is 4.98 Å². The summed E-state index contributed by atoms with van der Waals surface area (Å²) >= 11 is 2.81. The minimum Gasteiger partial charge on any atom is -0.365 e. The first-order chi connectivity index (χ1) is 10.4. The van der Waals surface area contributed by atoms with Crippen molar-refractivity contribution < 1.29 is 9.59 Å². The minimum absolute atomic E-state index is 0.314. The Labute approximate surface area is 134 Å². The maximum Gasteiger partial charge on any atom is 0.276 e. The summed E-state index contributed by atoms with van der Waals surface area (Å²) in [5, 5.41) is 5.19. The van der Waals surface area contributed by atoms with Gasteiger partial charge in [-0.05, 0) is 26.3 Å². The van der Waals surface area contributed by atoms with Crippen LogP contribution in [0.2, 0.25) is 0 Å². The van der Waals surface area contributed by atoms with Crippen molar-refractivity contribution in [1.29, 1.82) is 0 Å². The molecule has 0 saturated carbocycles. The molecule has 0 aliphatic heterocycles. The monoisotopic (exact) mass is 334 g/mol. The van der Waals surface area contributed by atoms with E-state index in [0.717, 1.165) is 21.1 Å². The van der Waals surface area contributed by atoms with Crippen molar-refractivity contribution >= 4 is 44.4 Å². The molecule has 0 aliphatic rings. The van der Waals surface area contributed by atoms with Gasteiger partial charge < -0.3 is 11.1 Å². The third kappa shape index (κ3) is 2.30. The fraction of sp³-hybridized carbons (Fsp3) is 0.214. The molecule has 0 bridgehead atoms. The van der Waals surface area contributed by atoms with E-state index >= 15 is 0 Å². The summed E-state index contributed by atoms with van der Waals surface area (Å²) in [7, 11) is 0. The zero-order chi connectivity index (χ0) is 16.0. The highest BCUT2D eigenvalue weighted by Crippen LogP contribution is 2.32. The lowest BCUT2D eigenvalue weighted by molar-refractivity contribution is 0.100. The first kappa shape index (κ1) is 14.7. The highest BCUT2D eigenvalue weighted by molar-refractivity contribution is 7.17. The van der Waals surface area contributed by atoms with Crippen LogP contribution in [0.15, 0.2) is 11.6 Å². The van der Waals surface area contributed by atoms with E-state index in [1.165, 1.54) is 22.7 Å². The number of amides is 2. The van der Waals surface area contributed by atoms with Gasteiger partial charge in [0, 0.05) is 22.1 Å². The van der Waals surface area contributed by atoms with Crippen LogP contribution in [0.25, 0.3) is 4.96 Å². The Kier molecular flexibility index (Phi) is 3.50. The zero-order valence-corrected chi connectivity index (χ0v) is 13.9. The van der Waals surface area contributed by atoms with Gasteiger partial charge in [-0.2, -0.15) is 0 Å². The molecule has 8 heteroatoms. The number of nitrogens with two attached hydrogens (primary N) is 1. The molecule has 0 radical (unpaired) electrons. The topological polar surface area (TPSA) is 89.5 Å². The van der Waals surface area contributed by atoms with E-state index in [2.05, 4.69) is 10.3 Å². The molecule has 22 heavy (non-hydrogen) atoms. The van der Waals surface area contributed by atoms with Crippen molar-refractivity contribution in [1.82, 2.24) is 9.38 Å². The molecule has 0 aliphatic carbocycles. The number of thiazole rings is 1. The predicted octanol–water partition coefficient (Wildman–Crippen LogP) is 2.73. The number of hydrogen-bond donors (Lipinski definition) is 2. The molecule has 3 N–H and O–H groups in total. The van der Waals surface area contributed by atoms with Crippen LogP contribution in [0.3, 0.4) is 0 Å². The second-order valence-corrected chi connectivity index (χ2v) is 7.02. The number of carbonyl (C=O) groups excluding carboxylic acids is 2. The number of aromatic nitrogens is 2. The Morgan fingerprint density at radius 1 is 1.32 bits per heavy atom. The highest BCUT2D eigenvalue weighted by atomic mass is 32.1. The molecular formula is C14H14N4O2S2. The van der Waals surface area contributed by atoms with Crippen LogP contribution in [0.5, 0.6) is 0 Å². The summed E-state index contributed by atoms with van der Waals surface area (Å²) < 4.78 is 1.86. The maximum absolute atomic E-state index is 12.4. The number of anilines is 1. The predicted molar refractivity (Wildman–Crippen MR) is 88.1 cm³/mol. The number of rotatable bonds is 3. The molecule has 3 heterocycles. The van der Waals surface area contributed by atoms with Gasteiger partial charge >= 0.3 is 0 Å². The summed E-state index contributed by atoms with van der Waals surface area (Å²) in [6, 6.07) is 0. The second-order valence-electron chi connectivity index (χ2n) is 4.96. The standard InChI is InChI=1S/C14H14N4O2S2/c1-6-5-21-14-16-9(4-18(6)14)12(20)17-13-10(11(15)19)7(2)8(3)22-13/h4-5H,1-3H3,(H2,15,19)(H,17,20). The third-order valence-electron chi connectivity index (χ3n) is 3.48. The number of aryl methyl sites for hydroxylation is 2. The van der Waals surface area contributed by atoms with E-state index in [1.54, 1.807) is 6.20 Å². The molecular weight excluding hydrogens is 320 g/mol. The van der Waals surface area contributed by atoms with Crippen molar-refractivity contribution in [3.8, 4) is 0 Å². The largest absolute Gasteiger partial charge is 0.365 e. The number of hydrogen-bond acceptors (Lipinski definition) is 5. The molecule has 3 aromatic rings. The number of nitrogens with one attached hydrogen (secondary N) is 1. The fourth-order valence-electron chi connectivity index (χ4n) is 2.18. The van der Waals surface area contributed by atoms with Crippen LogP contribution in [-0.2, 0) is 0 Å². The number of carbonyl (C=O) groups is 2. The molecule has 0 unspecified atom stereocenters. The average Bonchev–Trinajstić information content (AvgIpc) is 3.07. The van der Waals surface area contributed by atoms with Crippen LogP contribution in [-0.4, -0.2) is 21.2 Å². The Hall–Kier alpha value is -2.19. The first-order valence-corrected chi connectivity index (χ1v) is 8.22. The normalized spacial score (nSPS) is 11.0. The molecule has 0 saturated heterocycles. The summed E-state index contributed by atoms with van der Waals surface area (Å²) in [6.07, 6.45) is 1.69. The lowest BCUT2D eigenvalue weighted by Gasteiger charge is -2.02. The van der Waals surface area contributed by atoms with Crippen LogP contribution in [0.4, 0.5) is 5.00 Å². The summed E-state index contributed by atoms with van der Waals surface area (Å²) in [5.41, 5.74) is 7.91. The Bertz CT molecular complexity index is 904. The van der Waals surface area contributed by atoms with Gasteiger partial charge in [-0.15, -0.1) is 22.7 Å². The van der Waals surface area contributed by atoms with E-state index in [0.29, 0.717) is 16.3 Å². The van der Waals surface area contributed by atoms with Gasteiger partial charge in [-0.3, -0.25) is 14.0 Å². The molecule has 3 aromatic heterocycles. The van der Waals surface area contributed by atoms with Crippen molar-refractivity contribution in [3.63, 3.8) is 0 Å². The van der Waals surface area contributed by atoms with Crippen molar-refractivity contribution in [2.24, 2.45) is 5.73 Å². The van der Waals surface area contributed by atoms with E-state index in [9.17, 15) is 9.59 Å². The molecule has 6 nitrogen and oxygen atoms in total. The van der Waals surface area contributed by atoms with E-state index < -0.39 is 5.91 Å². The zero-order valence-electron chi connectivity index (χ0n) is 12.3. The molecule has 114 valence electrons. The van der Waals surface area contributed by atoms with Gasteiger partial charge in [0.2, 0.25) is 0 Å². The summed E-state index contributed by atoms with van der Waals surface area (Å²) in [4.78, 5) is 29.9. The number of fused-ring (bicyclic) bond motifs is 1. The van der Waals surface area contributed by atoms with Crippen LogP contribution < -0.4 is 11.1 Å². The quantitative estimate of drug-likeness (QED) is 0.772.